The molecule has 1 rings (SSSR count). The van der Waals surface area contributed by atoms with Crippen molar-refractivity contribution in [1.29, 1.82) is 0 Å². The Balaban J connectivity index is 0.000001000. The van der Waals surface area contributed by atoms with Crippen molar-refractivity contribution < 1.29 is 24.2 Å². The monoisotopic (exact) mass is 220 g/mol. The van der Waals surface area contributed by atoms with Crippen molar-refractivity contribution in [3.05, 3.63) is 29.8 Å². The van der Waals surface area contributed by atoms with Gasteiger partial charge in [-0.1, -0.05) is 18.2 Å². The predicted octanol–water partition coefficient (Wildman–Crippen LogP) is 2.43. The molecule has 1 nitrogen and oxygen atoms in total. The summed E-state index contributed by atoms with van der Waals surface area (Å²) in [5.41, 5.74) is 1.03. The van der Waals surface area contributed by atoms with Gasteiger partial charge in [-0.05, 0) is 6.07 Å². The first-order valence-electron chi connectivity index (χ1n) is 3.06. The molecule has 0 fully saturated rings. The van der Waals surface area contributed by atoms with E-state index in [9.17, 15) is 0 Å². The number of hydrogen-bond donors (Lipinski definition) is 0. The summed E-state index contributed by atoms with van der Waals surface area (Å²) in [6.07, 6.45) is 0. The fourth-order valence-corrected chi connectivity index (χ4v) is 1.03. The Kier molecular flexibility index (Phi) is 5.53. The van der Waals surface area contributed by atoms with E-state index in [0.717, 1.165) is 11.3 Å². The standard InChI is InChI=1S/C8H9ClO.Zn/c1-10-8-5-3-2-4-7(8)6-9;/h2-5H,6H2,1H3;. The second-order valence-corrected chi connectivity index (χ2v) is 2.21. The number of benzene rings is 1. The van der Waals surface area contributed by atoms with E-state index in [1.54, 1.807) is 7.11 Å². The topological polar surface area (TPSA) is 9.23 Å². The van der Waals surface area contributed by atoms with Crippen LogP contribution in [0.1, 0.15) is 5.56 Å². The summed E-state index contributed by atoms with van der Waals surface area (Å²) >= 11 is 5.63. The minimum Gasteiger partial charge on any atom is -0.496 e. The molecule has 0 heterocycles. The van der Waals surface area contributed by atoms with Crippen LogP contribution in [0.2, 0.25) is 0 Å². The van der Waals surface area contributed by atoms with Crippen molar-refractivity contribution in [2.45, 2.75) is 5.88 Å². The summed E-state index contributed by atoms with van der Waals surface area (Å²) in [5, 5.41) is 0. The van der Waals surface area contributed by atoms with Crippen LogP contribution >= 0.6 is 11.6 Å². The van der Waals surface area contributed by atoms with Crippen molar-refractivity contribution >= 4 is 11.6 Å². The Morgan fingerprint density at radius 1 is 1.36 bits per heavy atom. The summed E-state index contributed by atoms with van der Waals surface area (Å²) in [5.74, 6) is 1.36. The molecule has 11 heavy (non-hydrogen) atoms. The molecular weight excluding hydrogens is 213 g/mol. The zero-order chi connectivity index (χ0) is 7.40. The van der Waals surface area contributed by atoms with Crippen LogP contribution in [0.4, 0.5) is 0 Å². The summed E-state index contributed by atoms with van der Waals surface area (Å²) in [7, 11) is 1.64. The number of hydrogen-bond acceptors (Lipinski definition) is 1. The van der Waals surface area contributed by atoms with Crippen molar-refractivity contribution in [3.8, 4) is 5.75 Å². The minimum atomic E-state index is 0. The quantitative estimate of drug-likeness (QED) is 0.551. The molecule has 1 aromatic rings. The predicted molar refractivity (Wildman–Crippen MR) is 42.6 cm³/mol. The van der Waals surface area contributed by atoms with Crippen LogP contribution in [-0.4, -0.2) is 7.11 Å². The second kappa shape index (κ2) is 5.57. The fourth-order valence-electron chi connectivity index (χ4n) is 0.813. The number of ether oxygens (including phenoxy) is 1. The Hall–Kier alpha value is -0.0666. The van der Waals surface area contributed by atoms with Gasteiger partial charge in [-0.3, -0.25) is 0 Å². The van der Waals surface area contributed by atoms with E-state index in [1.165, 1.54) is 0 Å². The van der Waals surface area contributed by atoms with Gasteiger partial charge in [0.25, 0.3) is 0 Å². The maximum atomic E-state index is 5.63. The van der Waals surface area contributed by atoms with Gasteiger partial charge in [-0.2, -0.15) is 0 Å². The number of methoxy groups -OCH3 is 1. The van der Waals surface area contributed by atoms with Crippen LogP contribution in [0.3, 0.4) is 0 Å². The molecule has 0 atom stereocenters. The van der Waals surface area contributed by atoms with Crippen LogP contribution in [0.25, 0.3) is 0 Å². The van der Waals surface area contributed by atoms with Gasteiger partial charge in [0.05, 0.1) is 13.0 Å². The third-order valence-electron chi connectivity index (χ3n) is 1.34. The molecule has 3 heteroatoms. The molecule has 0 saturated heterocycles. The molecule has 0 radical (unpaired) electrons. The van der Waals surface area contributed by atoms with Gasteiger partial charge < -0.3 is 4.74 Å². The van der Waals surface area contributed by atoms with Crippen LogP contribution < -0.4 is 4.74 Å². The molecule has 0 amide bonds. The van der Waals surface area contributed by atoms with Gasteiger partial charge in [0.2, 0.25) is 0 Å². The van der Waals surface area contributed by atoms with E-state index in [-0.39, 0.29) is 19.5 Å². The Labute approximate surface area is 84.5 Å². The van der Waals surface area contributed by atoms with Gasteiger partial charge in [0.15, 0.2) is 0 Å². The van der Waals surface area contributed by atoms with E-state index in [0.29, 0.717) is 5.88 Å². The van der Waals surface area contributed by atoms with Crippen LogP contribution in [0.15, 0.2) is 24.3 Å². The summed E-state index contributed by atoms with van der Waals surface area (Å²) in [6, 6.07) is 7.72. The minimum absolute atomic E-state index is 0. The van der Waals surface area contributed by atoms with Gasteiger partial charge in [0.1, 0.15) is 5.75 Å². The van der Waals surface area contributed by atoms with Crippen molar-refractivity contribution in [3.63, 3.8) is 0 Å². The molecule has 0 unspecified atom stereocenters. The van der Waals surface area contributed by atoms with Gasteiger partial charge in [-0.25, -0.2) is 0 Å². The second-order valence-electron chi connectivity index (χ2n) is 1.95. The van der Waals surface area contributed by atoms with E-state index in [2.05, 4.69) is 0 Å². The number of halogens is 1. The molecule has 0 bridgehead atoms. The fraction of sp³-hybridized carbons (Fsp3) is 0.250. The summed E-state index contributed by atoms with van der Waals surface area (Å²) < 4.78 is 5.05. The van der Waals surface area contributed by atoms with Gasteiger partial charge >= 0.3 is 0 Å². The van der Waals surface area contributed by atoms with Crippen LogP contribution in [-0.2, 0) is 25.4 Å². The summed E-state index contributed by atoms with van der Waals surface area (Å²) in [4.78, 5) is 0. The molecule has 0 N–H and O–H groups in total. The third-order valence-corrected chi connectivity index (χ3v) is 1.62. The smallest absolute Gasteiger partial charge is 0.123 e. The molecule has 0 aliphatic heterocycles. The van der Waals surface area contributed by atoms with Crippen LogP contribution in [0.5, 0.6) is 5.75 Å². The normalized spacial score (nSPS) is 8.55. The van der Waals surface area contributed by atoms with Gasteiger partial charge in [-0.15, -0.1) is 11.6 Å². The van der Waals surface area contributed by atoms with Crippen LogP contribution in [0, 0.1) is 0 Å². The first-order valence-corrected chi connectivity index (χ1v) is 3.60. The molecular formula is C8H9ClOZn. The first-order chi connectivity index (χ1) is 4.88. The van der Waals surface area contributed by atoms with Gasteiger partial charge in [0, 0.05) is 25.0 Å². The molecule has 0 aliphatic rings. The Morgan fingerprint density at radius 2 is 2.00 bits per heavy atom. The molecule has 0 aromatic heterocycles. The molecule has 56 valence electrons. The van der Waals surface area contributed by atoms with E-state index >= 15 is 0 Å². The van der Waals surface area contributed by atoms with E-state index in [4.69, 9.17) is 16.3 Å². The maximum absolute atomic E-state index is 5.63. The number of alkyl halides is 1. The number of rotatable bonds is 2. The zero-order valence-electron chi connectivity index (χ0n) is 6.51. The van der Waals surface area contributed by atoms with E-state index in [1.807, 2.05) is 24.3 Å². The zero-order valence-corrected chi connectivity index (χ0v) is 10.2. The first kappa shape index (κ1) is 10.9. The maximum Gasteiger partial charge on any atom is 0.123 e. The van der Waals surface area contributed by atoms with Crippen molar-refractivity contribution in [2.75, 3.05) is 7.11 Å². The molecule has 0 saturated carbocycles. The number of para-hydroxylation sites is 1. The Morgan fingerprint density at radius 3 is 2.45 bits per heavy atom. The molecule has 0 aliphatic carbocycles. The average molecular weight is 222 g/mol. The summed E-state index contributed by atoms with van der Waals surface area (Å²) in [6.45, 7) is 0. The van der Waals surface area contributed by atoms with Crippen molar-refractivity contribution in [2.24, 2.45) is 0 Å². The van der Waals surface area contributed by atoms with Crippen molar-refractivity contribution in [1.82, 2.24) is 0 Å². The average Bonchev–Trinajstić information content (AvgIpc) is 2.04. The third kappa shape index (κ3) is 2.80. The SMILES string of the molecule is COc1ccccc1CCl.[Zn]. The van der Waals surface area contributed by atoms with E-state index < -0.39 is 0 Å². The largest absolute Gasteiger partial charge is 0.496 e. The molecule has 1 aromatic carbocycles. The Bertz CT molecular complexity index is 192. The molecule has 0 spiro atoms.